The average Bonchev–Trinajstić information content (AvgIpc) is 2.58. The monoisotopic (exact) mass is 354 g/mol. The number of esters is 2. The molecular weight excluding hydrogens is 330 g/mol. The smallest absolute Gasteiger partial charge is 0.338 e. The quantitative estimate of drug-likeness (QED) is 0.603. The molecule has 0 aromatic heterocycles. The summed E-state index contributed by atoms with van der Waals surface area (Å²) in [5, 5.41) is 0. The van der Waals surface area contributed by atoms with Crippen molar-refractivity contribution in [3.63, 3.8) is 0 Å². The number of benzene rings is 1. The van der Waals surface area contributed by atoms with Gasteiger partial charge in [-0.15, -0.1) is 0 Å². The highest BCUT2D eigenvalue weighted by Gasteiger charge is 2.24. The van der Waals surface area contributed by atoms with Crippen molar-refractivity contribution in [2.45, 2.75) is 45.5 Å². The van der Waals surface area contributed by atoms with Gasteiger partial charge in [-0.3, -0.25) is 0 Å². The molecule has 0 saturated carbocycles. The lowest BCUT2D eigenvalue weighted by Crippen LogP contribution is -2.22. The Balaban J connectivity index is 0.000000381. The van der Waals surface area contributed by atoms with Crippen LogP contribution in [-0.4, -0.2) is 31.6 Å². The first-order valence-corrected chi connectivity index (χ1v) is 8.04. The summed E-state index contributed by atoms with van der Waals surface area (Å²) in [6, 6.07) is 5.32. The van der Waals surface area contributed by atoms with E-state index in [-0.39, 0.29) is 5.97 Å². The number of ether oxygens (including phenoxy) is 2. The van der Waals surface area contributed by atoms with Gasteiger partial charge in [-0.05, 0) is 55.9 Å². The summed E-state index contributed by atoms with van der Waals surface area (Å²) >= 11 is 0. The summed E-state index contributed by atoms with van der Waals surface area (Å²) in [4.78, 5) is 21.8. The van der Waals surface area contributed by atoms with E-state index < -0.39 is 18.5 Å². The van der Waals surface area contributed by atoms with Gasteiger partial charge in [-0.1, -0.05) is 12.6 Å². The molecule has 4 nitrogen and oxygen atoms in total. The first-order chi connectivity index (χ1) is 11.6. The van der Waals surface area contributed by atoms with Crippen molar-refractivity contribution >= 4 is 11.9 Å². The van der Waals surface area contributed by atoms with E-state index in [2.05, 4.69) is 16.1 Å². The van der Waals surface area contributed by atoms with Crippen molar-refractivity contribution in [3.8, 4) is 0 Å². The minimum Gasteiger partial charge on any atom is -0.466 e. The van der Waals surface area contributed by atoms with Crippen LogP contribution in [0.25, 0.3) is 0 Å². The number of hydrogen-bond acceptors (Lipinski definition) is 4. The molecule has 0 heterocycles. The average molecular weight is 354 g/mol. The number of aryl methyl sites for hydroxylation is 2. The Morgan fingerprint density at radius 2 is 1.80 bits per heavy atom. The number of hydrogen-bond donors (Lipinski definition) is 0. The minimum absolute atomic E-state index is 0.347. The molecule has 25 heavy (non-hydrogen) atoms. The van der Waals surface area contributed by atoms with E-state index in [1.54, 1.807) is 19.1 Å². The van der Waals surface area contributed by atoms with Gasteiger partial charge in [-0.2, -0.15) is 0 Å². The zero-order chi connectivity index (χ0) is 19.0. The van der Waals surface area contributed by atoms with Gasteiger partial charge in [0.1, 0.15) is 0 Å². The zero-order valence-electron chi connectivity index (χ0n) is 14.9. The first-order valence-electron chi connectivity index (χ1n) is 8.04. The van der Waals surface area contributed by atoms with Crippen LogP contribution in [0.15, 0.2) is 30.4 Å². The fourth-order valence-corrected chi connectivity index (χ4v) is 2.31. The lowest BCUT2D eigenvalue weighted by atomic mass is 9.90. The van der Waals surface area contributed by atoms with Crippen LogP contribution in [0.1, 0.15) is 48.2 Å². The van der Waals surface area contributed by atoms with E-state index in [0.29, 0.717) is 11.1 Å². The predicted molar refractivity (Wildman–Crippen MR) is 90.8 cm³/mol. The Hall–Kier alpha value is -2.24. The molecule has 0 amide bonds. The van der Waals surface area contributed by atoms with Crippen LogP contribution in [0.2, 0.25) is 0 Å². The summed E-state index contributed by atoms with van der Waals surface area (Å²) in [5.41, 5.74) is 3.18. The van der Waals surface area contributed by atoms with Gasteiger partial charge in [0.25, 0.3) is 5.92 Å². The summed E-state index contributed by atoms with van der Waals surface area (Å²) in [5.74, 6) is -4.01. The fourth-order valence-electron chi connectivity index (χ4n) is 2.31. The van der Waals surface area contributed by atoms with Crippen molar-refractivity contribution in [2.24, 2.45) is 0 Å². The highest BCUT2D eigenvalue weighted by molar-refractivity contribution is 5.89. The summed E-state index contributed by atoms with van der Waals surface area (Å²) in [6.45, 7) is 4.81. The second kappa shape index (κ2) is 9.30. The van der Waals surface area contributed by atoms with E-state index >= 15 is 0 Å². The van der Waals surface area contributed by atoms with Crippen LogP contribution in [0.4, 0.5) is 8.78 Å². The molecule has 1 aromatic rings. The van der Waals surface area contributed by atoms with Crippen molar-refractivity contribution < 1.29 is 27.8 Å². The van der Waals surface area contributed by atoms with Crippen molar-refractivity contribution in [1.29, 1.82) is 0 Å². The van der Waals surface area contributed by atoms with Crippen molar-refractivity contribution in [2.75, 3.05) is 13.7 Å². The van der Waals surface area contributed by atoms with Gasteiger partial charge in [0.05, 0.1) is 12.7 Å². The number of fused-ring (bicyclic) bond motifs is 1. The Labute approximate surface area is 146 Å². The first kappa shape index (κ1) is 20.8. The summed E-state index contributed by atoms with van der Waals surface area (Å²) < 4.78 is 34.1. The van der Waals surface area contributed by atoms with Crippen LogP contribution < -0.4 is 0 Å². The number of methoxy groups -OCH3 is 1. The van der Waals surface area contributed by atoms with E-state index in [1.807, 2.05) is 6.07 Å². The third-order valence-corrected chi connectivity index (χ3v) is 3.57. The van der Waals surface area contributed by atoms with E-state index in [4.69, 9.17) is 0 Å². The molecule has 0 bridgehead atoms. The molecule has 1 aromatic carbocycles. The van der Waals surface area contributed by atoms with Crippen LogP contribution in [0, 0.1) is 0 Å². The molecule has 1 aliphatic carbocycles. The number of alkyl halides is 2. The second-order valence-corrected chi connectivity index (χ2v) is 6.11. The molecule has 0 saturated heterocycles. The van der Waals surface area contributed by atoms with Gasteiger partial charge in [-0.25, -0.2) is 18.4 Å². The number of rotatable bonds is 4. The zero-order valence-corrected chi connectivity index (χ0v) is 14.9. The molecule has 6 heteroatoms. The molecule has 0 unspecified atom stereocenters. The number of carbonyl (C=O) groups excluding carboxylic acids is 2. The highest BCUT2D eigenvalue weighted by atomic mass is 19.3. The van der Waals surface area contributed by atoms with Gasteiger partial charge < -0.3 is 9.47 Å². The lowest BCUT2D eigenvalue weighted by Gasteiger charge is -2.16. The maximum atomic E-state index is 12.6. The summed E-state index contributed by atoms with van der Waals surface area (Å²) in [6.07, 6.45) is 4.25. The van der Waals surface area contributed by atoms with Gasteiger partial charge in [0, 0.05) is 12.5 Å². The van der Waals surface area contributed by atoms with Gasteiger partial charge >= 0.3 is 11.9 Å². The van der Waals surface area contributed by atoms with Crippen molar-refractivity contribution in [3.05, 3.63) is 47.0 Å². The third kappa shape index (κ3) is 7.45. The molecule has 0 spiro atoms. The van der Waals surface area contributed by atoms with Crippen LogP contribution >= 0.6 is 0 Å². The molecule has 2 rings (SSSR count). The lowest BCUT2D eigenvalue weighted by molar-refractivity contribution is -0.136. The Kier molecular flexibility index (Phi) is 7.74. The Bertz CT molecular complexity index is 633. The van der Waals surface area contributed by atoms with E-state index in [1.165, 1.54) is 19.1 Å². The van der Waals surface area contributed by atoms with Gasteiger partial charge in [0.15, 0.2) is 6.61 Å². The standard InChI is InChI=1S/C14H16F2O2.C5H8O2/c1-14(15,16)9-18-13(17)12-7-6-10-4-2-3-5-11(10)8-12;1-4(2)5(6)7-3/h6-8H,2-5,9H2,1H3;1H2,2-3H3. The molecule has 0 aliphatic heterocycles. The third-order valence-electron chi connectivity index (χ3n) is 3.57. The maximum absolute atomic E-state index is 12.6. The SMILES string of the molecule is C=C(C)C(=O)OC.CC(F)(F)COC(=O)c1ccc2c(c1)CCCC2. The Morgan fingerprint density at radius 3 is 2.28 bits per heavy atom. The van der Waals surface area contributed by atoms with E-state index in [9.17, 15) is 18.4 Å². The molecule has 0 N–H and O–H groups in total. The second-order valence-electron chi connectivity index (χ2n) is 6.11. The molecular formula is C19H24F2O4. The number of halogens is 2. The predicted octanol–water partition coefficient (Wildman–Crippen LogP) is 4.11. The summed E-state index contributed by atoms with van der Waals surface area (Å²) in [7, 11) is 1.33. The number of carbonyl (C=O) groups is 2. The molecule has 0 atom stereocenters. The minimum atomic E-state index is -2.98. The largest absolute Gasteiger partial charge is 0.466 e. The molecule has 0 fully saturated rings. The molecule has 1 aliphatic rings. The van der Waals surface area contributed by atoms with Crippen LogP contribution in [-0.2, 0) is 27.1 Å². The van der Waals surface area contributed by atoms with E-state index in [0.717, 1.165) is 31.7 Å². The maximum Gasteiger partial charge on any atom is 0.338 e. The molecule has 0 radical (unpaired) electrons. The highest BCUT2D eigenvalue weighted by Crippen LogP contribution is 2.23. The van der Waals surface area contributed by atoms with Crippen molar-refractivity contribution in [1.82, 2.24) is 0 Å². The fraction of sp³-hybridized carbons (Fsp3) is 0.474. The van der Waals surface area contributed by atoms with Gasteiger partial charge in [0.2, 0.25) is 0 Å². The van der Waals surface area contributed by atoms with Crippen LogP contribution in [0.5, 0.6) is 0 Å². The Morgan fingerprint density at radius 1 is 1.20 bits per heavy atom. The topological polar surface area (TPSA) is 52.6 Å². The normalized spacial score (nSPS) is 13.0. The molecule has 138 valence electrons. The van der Waals surface area contributed by atoms with Crippen LogP contribution in [0.3, 0.4) is 0 Å².